The van der Waals surface area contributed by atoms with Crippen LogP contribution in [-0.4, -0.2) is 77.5 Å². The van der Waals surface area contributed by atoms with Crippen LogP contribution in [0.2, 0.25) is 0 Å². The minimum atomic E-state index is -0.849. The van der Waals surface area contributed by atoms with Gasteiger partial charge in [-0.2, -0.15) is 0 Å². The molecule has 0 bridgehead atoms. The second-order valence-electron chi connectivity index (χ2n) is 5.05. The quantitative estimate of drug-likeness (QED) is 0.813. The third-order valence-electron chi connectivity index (χ3n) is 3.42. The maximum absolute atomic E-state index is 12.2. The van der Waals surface area contributed by atoms with E-state index in [-0.39, 0.29) is 18.4 Å². The molecule has 0 atom stereocenters. The summed E-state index contributed by atoms with van der Waals surface area (Å²) in [6.07, 6.45) is 1.29. The molecule has 1 fully saturated rings. The predicted molar refractivity (Wildman–Crippen MR) is 73.3 cm³/mol. The van der Waals surface area contributed by atoms with Gasteiger partial charge < -0.3 is 19.8 Å². The zero-order valence-electron chi connectivity index (χ0n) is 12.2. The zero-order chi connectivity index (χ0) is 15.1. The lowest BCUT2D eigenvalue weighted by atomic mass is 10.3. The Morgan fingerprint density at radius 2 is 1.70 bits per heavy atom. The van der Waals surface area contributed by atoms with Gasteiger partial charge in [-0.25, -0.2) is 4.79 Å². The number of hydrogen-bond donors (Lipinski definition) is 1. The minimum absolute atomic E-state index is 0.0362. The van der Waals surface area contributed by atoms with Crippen LogP contribution in [0.3, 0.4) is 0 Å². The van der Waals surface area contributed by atoms with E-state index in [0.717, 1.165) is 6.42 Å². The van der Waals surface area contributed by atoms with E-state index < -0.39 is 5.97 Å². The summed E-state index contributed by atoms with van der Waals surface area (Å²) in [6.45, 7) is 4.37. The average Bonchev–Trinajstić information content (AvgIpc) is 2.62. The first kappa shape index (κ1) is 16.3. The topological polar surface area (TPSA) is 81.2 Å². The number of carboxylic acids is 1. The molecule has 0 aromatic heterocycles. The Bertz CT molecular complexity index is 373. The van der Waals surface area contributed by atoms with Crippen molar-refractivity contribution in [3.63, 3.8) is 0 Å². The highest BCUT2D eigenvalue weighted by Gasteiger charge is 2.22. The number of amides is 3. The Balaban J connectivity index is 2.42. The molecule has 1 rings (SSSR count). The third-order valence-corrected chi connectivity index (χ3v) is 3.42. The molecule has 1 heterocycles. The lowest BCUT2D eigenvalue weighted by molar-refractivity contribution is -0.137. The minimum Gasteiger partial charge on any atom is -0.481 e. The van der Waals surface area contributed by atoms with Crippen LogP contribution < -0.4 is 0 Å². The molecule has 1 aliphatic rings. The van der Waals surface area contributed by atoms with Crippen molar-refractivity contribution in [1.29, 1.82) is 0 Å². The molecule has 0 saturated carbocycles. The van der Waals surface area contributed by atoms with E-state index >= 15 is 0 Å². The molecule has 0 spiro atoms. The van der Waals surface area contributed by atoms with Crippen molar-refractivity contribution in [3.8, 4) is 0 Å². The first-order valence-electron chi connectivity index (χ1n) is 6.89. The van der Waals surface area contributed by atoms with Crippen molar-refractivity contribution < 1.29 is 19.5 Å². The summed E-state index contributed by atoms with van der Waals surface area (Å²) < 4.78 is 0. The van der Waals surface area contributed by atoms with Crippen LogP contribution in [0.1, 0.15) is 26.2 Å². The van der Waals surface area contributed by atoms with E-state index in [9.17, 15) is 14.4 Å². The van der Waals surface area contributed by atoms with Crippen molar-refractivity contribution in [2.24, 2.45) is 0 Å². The molecule has 114 valence electrons. The summed E-state index contributed by atoms with van der Waals surface area (Å²) in [6, 6.07) is -0.0965. The van der Waals surface area contributed by atoms with Crippen LogP contribution in [0, 0.1) is 0 Å². The normalized spacial score (nSPS) is 15.7. The number of aliphatic carboxylic acids is 1. The van der Waals surface area contributed by atoms with Crippen LogP contribution in [0.15, 0.2) is 0 Å². The molecule has 1 N–H and O–H groups in total. The SMILES string of the molecule is CC(=O)N1CCCN(C(=O)N(C)CCCC(=O)O)CC1. The number of carbonyl (C=O) groups is 3. The van der Waals surface area contributed by atoms with Crippen molar-refractivity contribution in [3.05, 3.63) is 0 Å². The molecule has 0 aliphatic carbocycles. The maximum atomic E-state index is 12.2. The Morgan fingerprint density at radius 3 is 2.30 bits per heavy atom. The van der Waals surface area contributed by atoms with Gasteiger partial charge in [-0.3, -0.25) is 9.59 Å². The Labute approximate surface area is 119 Å². The van der Waals surface area contributed by atoms with Gasteiger partial charge in [0.2, 0.25) is 5.91 Å². The van der Waals surface area contributed by atoms with Gasteiger partial charge in [0.1, 0.15) is 0 Å². The highest BCUT2D eigenvalue weighted by Crippen LogP contribution is 2.07. The van der Waals surface area contributed by atoms with Crippen LogP contribution in [0.4, 0.5) is 4.79 Å². The van der Waals surface area contributed by atoms with E-state index in [1.165, 1.54) is 6.92 Å². The molecule has 20 heavy (non-hydrogen) atoms. The number of urea groups is 1. The summed E-state index contributed by atoms with van der Waals surface area (Å²) in [7, 11) is 1.68. The maximum Gasteiger partial charge on any atom is 0.319 e. The first-order chi connectivity index (χ1) is 9.41. The molecule has 1 aliphatic heterocycles. The van der Waals surface area contributed by atoms with E-state index in [1.54, 1.807) is 21.7 Å². The number of nitrogens with zero attached hydrogens (tertiary/aromatic N) is 3. The molecule has 0 unspecified atom stereocenters. The molecule has 0 aromatic carbocycles. The second-order valence-corrected chi connectivity index (χ2v) is 5.05. The second kappa shape index (κ2) is 7.72. The van der Waals surface area contributed by atoms with Gasteiger partial charge in [0, 0.05) is 53.1 Å². The standard InChI is InChI=1S/C13H23N3O4/c1-11(17)15-7-4-8-16(10-9-15)13(20)14(2)6-3-5-12(18)19/h3-10H2,1-2H3,(H,18,19). The number of rotatable bonds is 4. The fourth-order valence-electron chi connectivity index (χ4n) is 2.23. The molecule has 7 nitrogen and oxygen atoms in total. The van der Waals surface area contributed by atoms with Gasteiger partial charge in [-0.15, -0.1) is 0 Å². The molecular weight excluding hydrogens is 262 g/mol. The summed E-state index contributed by atoms with van der Waals surface area (Å²) >= 11 is 0. The number of carboxylic acid groups (broad SMARTS) is 1. The fourth-order valence-corrected chi connectivity index (χ4v) is 2.23. The van der Waals surface area contributed by atoms with Crippen LogP contribution in [0.25, 0.3) is 0 Å². The van der Waals surface area contributed by atoms with Crippen molar-refractivity contribution in [1.82, 2.24) is 14.7 Å². The van der Waals surface area contributed by atoms with Crippen molar-refractivity contribution in [2.75, 3.05) is 39.8 Å². The Morgan fingerprint density at radius 1 is 1.10 bits per heavy atom. The van der Waals surface area contributed by atoms with E-state index in [0.29, 0.717) is 39.1 Å². The highest BCUT2D eigenvalue weighted by atomic mass is 16.4. The van der Waals surface area contributed by atoms with Crippen LogP contribution in [-0.2, 0) is 9.59 Å². The monoisotopic (exact) mass is 285 g/mol. The smallest absolute Gasteiger partial charge is 0.319 e. The van der Waals surface area contributed by atoms with E-state index in [1.807, 2.05) is 0 Å². The van der Waals surface area contributed by atoms with Crippen molar-refractivity contribution in [2.45, 2.75) is 26.2 Å². The Hall–Kier alpha value is -1.79. The first-order valence-corrected chi connectivity index (χ1v) is 6.89. The molecule has 0 aromatic rings. The van der Waals surface area contributed by atoms with Gasteiger partial charge in [-0.05, 0) is 12.8 Å². The lowest BCUT2D eigenvalue weighted by Gasteiger charge is -2.27. The number of carbonyl (C=O) groups excluding carboxylic acids is 2. The van der Waals surface area contributed by atoms with Gasteiger partial charge >= 0.3 is 12.0 Å². The van der Waals surface area contributed by atoms with Gasteiger partial charge in [0.05, 0.1) is 0 Å². The third kappa shape index (κ3) is 5.07. The summed E-state index contributed by atoms with van der Waals surface area (Å²) in [5.74, 6) is -0.813. The van der Waals surface area contributed by atoms with E-state index in [2.05, 4.69) is 0 Å². The fraction of sp³-hybridized carbons (Fsp3) is 0.769. The molecular formula is C13H23N3O4. The summed E-state index contributed by atoms with van der Waals surface area (Å²) in [5, 5.41) is 8.58. The predicted octanol–water partition coefficient (Wildman–Crippen LogP) is 0.457. The largest absolute Gasteiger partial charge is 0.481 e. The molecule has 0 radical (unpaired) electrons. The molecule has 1 saturated heterocycles. The molecule has 3 amide bonds. The Kier molecular flexibility index (Phi) is 6.27. The van der Waals surface area contributed by atoms with Crippen molar-refractivity contribution >= 4 is 17.9 Å². The summed E-state index contributed by atoms with van der Waals surface area (Å²) in [4.78, 5) is 39.0. The van der Waals surface area contributed by atoms with Crippen LogP contribution >= 0.6 is 0 Å². The number of hydrogen-bond acceptors (Lipinski definition) is 3. The van der Waals surface area contributed by atoms with Gasteiger partial charge in [-0.1, -0.05) is 0 Å². The van der Waals surface area contributed by atoms with E-state index in [4.69, 9.17) is 5.11 Å². The summed E-state index contributed by atoms with van der Waals surface area (Å²) in [5.41, 5.74) is 0. The van der Waals surface area contributed by atoms with Gasteiger partial charge in [0.15, 0.2) is 0 Å². The molecule has 7 heteroatoms. The van der Waals surface area contributed by atoms with Gasteiger partial charge in [0.25, 0.3) is 0 Å². The lowest BCUT2D eigenvalue weighted by Crippen LogP contribution is -2.43. The average molecular weight is 285 g/mol. The highest BCUT2D eigenvalue weighted by molar-refractivity contribution is 5.75. The van der Waals surface area contributed by atoms with Crippen LogP contribution in [0.5, 0.6) is 0 Å². The zero-order valence-corrected chi connectivity index (χ0v) is 12.2.